The van der Waals surface area contributed by atoms with Crippen LogP contribution in [0.3, 0.4) is 0 Å². The van der Waals surface area contributed by atoms with E-state index in [1.165, 1.54) is 25.7 Å². The lowest BCUT2D eigenvalue weighted by atomic mass is 10.2. The second-order valence-electron chi connectivity index (χ2n) is 6.43. The van der Waals surface area contributed by atoms with Crippen LogP contribution < -0.4 is 10.1 Å². The summed E-state index contributed by atoms with van der Waals surface area (Å²) in [7, 11) is 0. The quantitative estimate of drug-likeness (QED) is 0.854. The van der Waals surface area contributed by atoms with Crippen molar-refractivity contribution in [2.75, 3.05) is 11.9 Å². The molecule has 1 aliphatic carbocycles. The van der Waals surface area contributed by atoms with E-state index < -0.39 is 0 Å². The first-order valence-corrected chi connectivity index (χ1v) is 7.83. The Balaban J connectivity index is 2.12. The highest BCUT2D eigenvalue weighted by Gasteiger charge is 2.17. The van der Waals surface area contributed by atoms with E-state index in [4.69, 9.17) is 4.74 Å². The molecule has 0 atom stereocenters. The van der Waals surface area contributed by atoms with Gasteiger partial charge in [-0.3, -0.25) is 0 Å². The summed E-state index contributed by atoms with van der Waals surface area (Å²) in [5, 5.41) is 3.53. The first kappa shape index (κ1) is 15.1. The third-order valence-electron chi connectivity index (χ3n) is 3.51. The average Bonchev–Trinajstić information content (AvgIpc) is 2.89. The summed E-state index contributed by atoms with van der Waals surface area (Å²) in [4.78, 5) is 9.13. The van der Waals surface area contributed by atoms with Gasteiger partial charge in [0.05, 0.1) is 6.61 Å². The third kappa shape index (κ3) is 4.36. The van der Waals surface area contributed by atoms with Crippen LogP contribution in [-0.2, 0) is 0 Å². The summed E-state index contributed by atoms with van der Waals surface area (Å²) in [6, 6.07) is 2.50. The number of hydrogen-bond acceptors (Lipinski definition) is 4. The molecule has 0 unspecified atom stereocenters. The smallest absolute Gasteiger partial charge is 0.218 e. The maximum absolute atomic E-state index is 5.77. The van der Waals surface area contributed by atoms with Gasteiger partial charge >= 0.3 is 0 Å². The fourth-order valence-electron chi connectivity index (χ4n) is 2.38. The van der Waals surface area contributed by atoms with E-state index in [0.29, 0.717) is 30.4 Å². The standard InChI is InChI=1S/C16H27N3O/c1-11(2)10-20-15-9-14(17-13-7-5-6-8-13)18-16(19-15)12(3)4/h9,11-13H,5-8,10H2,1-4H3,(H,17,18,19). The molecule has 0 bridgehead atoms. The lowest BCUT2D eigenvalue weighted by Crippen LogP contribution is -2.17. The largest absolute Gasteiger partial charge is 0.477 e. The van der Waals surface area contributed by atoms with Crippen molar-refractivity contribution in [1.29, 1.82) is 0 Å². The molecule has 1 aliphatic rings. The van der Waals surface area contributed by atoms with E-state index >= 15 is 0 Å². The fourth-order valence-corrected chi connectivity index (χ4v) is 2.38. The lowest BCUT2D eigenvalue weighted by molar-refractivity contribution is 0.260. The van der Waals surface area contributed by atoms with Crippen molar-refractivity contribution in [3.05, 3.63) is 11.9 Å². The van der Waals surface area contributed by atoms with Crippen molar-refractivity contribution in [3.8, 4) is 5.88 Å². The number of ether oxygens (including phenoxy) is 1. The highest BCUT2D eigenvalue weighted by atomic mass is 16.5. The van der Waals surface area contributed by atoms with Crippen LogP contribution in [0.15, 0.2) is 6.07 Å². The van der Waals surface area contributed by atoms with E-state index in [0.717, 1.165) is 11.6 Å². The van der Waals surface area contributed by atoms with Crippen LogP contribution in [-0.4, -0.2) is 22.6 Å². The Morgan fingerprint density at radius 1 is 1.20 bits per heavy atom. The fraction of sp³-hybridized carbons (Fsp3) is 0.750. The van der Waals surface area contributed by atoms with Gasteiger partial charge in [-0.25, -0.2) is 4.98 Å². The summed E-state index contributed by atoms with van der Waals surface area (Å²) >= 11 is 0. The number of anilines is 1. The molecular formula is C16H27N3O. The van der Waals surface area contributed by atoms with Crippen molar-refractivity contribution in [1.82, 2.24) is 9.97 Å². The van der Waals surface area contributed by atoms with Crippen molar-refractivity contribution < 1.29 is 4.74 Å². The molecule has 0 spiro atoms. The minimum absolute atomic E-state index is 0.307. The van der Waals surface area contributed by atoms with Crippen LogP contribution in [0.2, 0.25) is 0 Å². The molecule has 0 amide bonds. The number of aromatic nitrogens is 2. The minimum Gasteiger partial charge on any atom is -0.477 e. The van der Waals surface area contributed by atoms with Crippen LogP contribution in [0.4, 0.5) is 5.82 Å². The SMILES string of the molecule is CC(C)COc1cc(NC2CCCC2)nc(C(C)C)n1. The Morgan fingerprint density at radius 2 is 1.90 bits per heavy atom. The highest BCUT2D eigenvalue weighted by Crippen LogP contribution is 2.24. The molecule has 4 nitrogen and oxygen atoms in total. The second kappa shape index (κ2) is 6.91. The van der Waals surface area contributed by atoms with Gasteiger partial charge in [0.2, 0.25) is 5.88 Å². The van der Waals surface area contributed by atoms with Crippen molar-refractivity contribution in [3.63, 3.8) is 0 Å². The normalized spacial score (nSPS) is 16.1. The predicted molar refractivity (Wildman–Crippen MR) is 82.3 cm³/mol. The molecule has 1 heterocycles. The zero-order chi connectivity index (χ0) is 14.5. The predicted octanol–water partition coefficient (Wildman–Crippen LogP) is 3.99. The third-order valence-corrected chi connectivity index (χ3v) is 3.51. The van der Waals surface area contributed by atoms with Crippen molar-refractivity contribution >= 4 is 5.82 Å². The van der Waals surface area contributed by atoms with Crippen LogP contribution in [0.5, 0.6) is 5.88 Å². The number of rotatable bonds is 6. The Labute approximate surface area is 122 Å². The first-order valence-electron chi connectivity index (χ1n) is 7.83. The maximum Gasteiger partial charge on any atom is 0.218 e. The van der Waals surface area contributed by atoms with Gasteiger partial charge in [-0.1, -0.05) is 40.5 Å². The molecule has 1 saturated carbocycles. The van der Waals surface area contributed by atoms with Gasteiger partial charge in [0.25, 0.3) is 0 Å². The Kier molecular flexibility index (Phi) is 5.21. The molecule has 0 aromatic carbocycles. The molecule has 2 rings (SSSR count). The van der Waals surface area contributed by atoms with Crippen LogP contribution in [0, 0.1) is 5.92 Å². The second-order valence-corrected chi connectivity index (χ2v) is 6.43. The monoisotopic (exact) mass is 277 g/mol. The summed E-state index contributed by atoms with van der Waals surface area (Å²) in [5.74, 6) is 3.26. The van der Waals surface area contributed by atoms with E-state index in [2.05, 4.69) is 43.0 Å². The van der Waals surface area contributed by atoms with Gasteiger partial charge in [0.15, 0.2) is 0 Å². The molecule has 0 aliphatic heterocycles. The molecule has 4 heteroatoms. The van der Waals surface area contributed by atoms with Gasteiger partial charge in [-0.2, -0.15) is 4.98 Å². The molecule has 1 aromatic heterocycles. The first-order chi connectivity index (χ1) is 9.54. The van der Waals surface area contributed by atoms with Gasteiger partial charge in [0, 0.05) is 18.0 Å². The summed E-state index contributed by atoms with van der Waals surface area (Å²) in [6.45, 7) is 9.20. The van der Waals surface area contributed by atoms with E-state index in [-0.39, 0.29) is 0 Å². The topological polar surface area (TPSA) is 47.0 Å². The molecule has 1 aromatic rings. The van der Waals surface area contributed by atoms with Crippen LogP contribution >= 0.6 is 0 Å². The number of nitrogens with one attached hydrogen (secondary N) is 1. The highest BCUT2D eigenvalue weighted by molar-refractivity contribution is 5.40. The summed E-state index contributed by atoms with van der Waals surface area (Å²) in [6.07, 6.45) is 5.11. The molecule has 112 valence electrons. The maximum atomic E-state index is 5.77. The van der Waals surface area contributed by atoms with Gasteiger partial charge in [0.1, 0.15) is 11.6 Å². The van der Waals surface area contributed by atoms with Gasteiger partial charge in [-0.15, -0.1) is 0 Å². The lowest BCUT2D eigenvalue weighted by Gasteiger charge is -2.16. The van der Waals surface area contributed by atoms with E-state index in [9.17, 15) is 0 Å². The zero-order valence-corrected chi connectivity index (χ0v) is 13.1. The van der Waals surface area contributed by atoms with Gasteiger partial charge in [-0.05, 0) is 18.8 Å². The van der Waals surface area contributed by atoms with Crippen molar-refractivity contribution in [2.45, 2.75) is 65.3 Å². The van der Waals surface area contributed by atoms with E-state index in [1.807, 2.05) is 6.07 Å². The molecule has 1 N–H and O–H groups in total. The Hall–Kier alpha value is -1.32. The number of hydrogen-bond donors (Lipinski definition) is 1. The van der Waals surface area contributed by atoms with Crippen molar-refractivity contribution in [2.24, 2.45) is 5.92 Å². The van der Waals surface area contributed by atoms with Crippen LogP contribution in [0.1, 0.15) is 65.1 Å². The molecule has 0 saturated heterocycles. The zero-order valence-electron chi connectivity index (χ0n) is 13.1. The average molecular weight is 277 g/mol. The van der Waals surface area contributed by atoms with E-state index in [1.54, 1.807) is 0 Å². The number of nitrogens with zero attached hydrogens (tertiary/aromatic N) is 2. The Bertz CT molecular complexity index is 426. The minimum atomic E-state index is 0.307. The van der Waals surface area contributed by atoms with Gasteiger partial charge < -0.3 is 10.1 Å². The van der Waals surface area contributed by atoms with Crippen LogP contribution in [0.25, 0.3) is 0 Å². The summed E-state index contributed by atoms with van der Waals surface area (Å²) in [5.41, 5.74) is 0. The molecule has 20 heavy (non-hydrogen) atoms. The molecule has 1 fully saturated rings. The summed E-state index contributed by atoms with van der Waals surface area (Å²) < 4.78 is 5.77. The molecular weight excluding hydrogens is 250 g/mol. The Morgan fingerprint density at radius 3 is 2.50 bits per heavy atom. The molecule has 0 radical (unpaired) electrons.